The van der Waals surface area contributed by atoms with Crippen molar-refractivity contribution in [3.8, 4) is 0 Å². The minimum absolute atomic E-state index is 0.166. The number of carbonyl (C=O) groups is 1. The van der Waals surface area contributed by atoms with E-state index in [0.717, 1.165) is 31.9 Å². The maximum Gasteiger partial charge on any atom is 0.255 e. The van der Waals surface area contributed by atoms with E-state index in [-0.39, 0.29) is 5.91 Å². The molecule has 1 saturated heterocycles. The van der Waals surface area contributed by atoms with E-state index >= 15 is 0 Å². The lowest BCUT2D eigenvalue weighted by Gasteiger charge is -2.34. The third-order valence-electron chi connectivity index (χ3n) is 4.44. The first-order chi connectivity index (χ1) is 12.0. The number of carbonyl (C=O) groups excluding carboxylic acids is 1. The molecule has 0 aliphatic carbocycles. The molecule has 5 nitrogen and oxygen atoms in total. The van der Waals surface area contributed by atoms with Crippen molar-refractivity contribution in [2.75, 3.05) is 49.7 Å². The van der Waals surface area contributed by atoms with Crippen LogP contribution in [0.4, 0.5) is 11.4 Å². The zero-order valence-electron chi connectivity index (χ0n) is 14.6. The summed E-state index contributed by atoms with van der Waals surface area (Å²) in [6.45, 7) is 4.18. The number of anilines is 2. The third kappa shape index (κ3) is 4.46. The van der Waals surface area contributed by atoms with E-state index in [1.54, 1.807) is 30.5 Å². The first-order valence-corrected chi connectivity index (χ1v) is 9.87. The Hall–Kier alpha value is -2.18. The maximum atomic E-state index is 12.3. The van der Waals surface area contributed by atoms with Crippen molar-refractivity contribution < 1.29 is 9.00 Å². The van der Waals surface area contributed by atoms with E-state index in [0.29, 0.717) is 10.5 Å². The molecule has 1 N–H and O–H groups in total. The minimum atomic E-state index is -1.04. The Labute approximate surface area is 151 Å². The SMILES string of the molecule is CN1CCN(c2ccc(NC(=O)c3ccc(S(C)=O)cc3)cc2)CC1. The topological polar surface area (TPSA) is 52.6 Å². The van der Waals surface area contributed by atoms with Gasteiger partial charge in [-0.1, -0.05) is 0 Å². The summed E-state index contributed by atoms with van der Waals surface area (Å²) in [5.74, 6) is -0.166. The highest BCUT2D eigenvalue weighted by molar-refractivity contribution is 7.84. The smallest absolute Gasteiger partial charge is 0.255 e. The molecule has 25 heavy (non-hydrogen) atoms. The Kier molecular flexibility index (Phi) is 5.50. The van der Waals surface area contributed by atoms with Gasteiger partial charge in [-0.3, -0.25) is 9.00 Å². The molecular weight excluding hydrogens is 334 g/mol. The predicted molar refractivity (Wildman–Crippen MR) is 103 cm³/mol. The summed E-state index contributed by atoms with van der Waals surface area (Å²) in [4.78, 5) is 17.7. The standard InChI is InChI=1S/C19H23N3O2S/c1-21-11-13-22(14-12-21)17-7-5-16(6-8-17)20-19(23)15-3-9-18(10-4-15)25(2)24/h3-10H,11-14H2,1-2H3,(H,20,23). The Bertz CT molecular complexity index is 751. The molecule has 3 rings (SSSR count). The van der Waals surface area contributed by atoms with E-state index in [4.69, 9.17) is 0 Å². The molecule has 2 aromatic rings. The van der Waals surface area contributed by atoms with Crippen LogP contribution in [-0.4, -0.2) is 54.5 Å². The van der Waals surface area contributed by atoms with Crippen LogP contribution in [0, 0.1) is 0 Å². The molecule has 6 heteroatoms. The van der Waals surface area contributed by atoms with E-state index < -0.39 is 10.8 Å². The zero-order chi connectivity index (χ0) is 17.8. The van der Waals surface area contributed by atoms with Gasteiger partial charge in [-0.25, -0.2) is 0 Å². The van der Waals surface area contributed by atoms with Gasteiger partial charge in [-0.15, -0.1) is 0 Å². The lowest BCUT2D eigenvalue weighted by Crippen LogP contribution is -2.44. The van der Waals surface area contributed by atoms with E-state index in [9.17, 15) is 9.00 Å². The van der Waals surface area contributed by atoms with Crippen molar-refractivity contribution in [1.29, 1.82) is 0 Å². The fourth-order valence-electron chi connectivity index (χ4n) is 2.82. The Balaban J connectivity index is 1.62. The lowest BCUT2D eigenvalue weighted by molar-refractivity contribution is 0.102. The van der Waals surface area contributed by atoms with Gasteiger partial charge in [0.25, 0.3) is 5.91 Å². The zero-order valence-corrected chi connectivity index (χ0v) is 15.4. The van der Waals surface area contributed by atoms with Gasteiger partial charge >= 0.3 is 0 Å². The Morgan fingerprint density at radius 3 is 2.12 bits per heavy atom. The lowest BCUT2D eigenvalue weighted by atomic mass is 10.2. The summed E-state index contributed by atoms with van der Waals surface area (Å²) in [6, 6.07) is 14.8. The number of rotatable bonds is 4. The van der Waals surface area contributed by atoms with Crippen LogP contribution in [0.2, 0.25) is 0 Å². The second kappa shape index (κ2) is 7.80. The summed E-state index contributed by atoms with van der Waals surface area (Å²) in [5.41, 5.74) is 2.50. The molecule has 1 amide bonds. The van der Waals surface area contributed by atoms with Gasteiger partial charge in [-0.05, 0) is 55.6 Å². The van der Waals surface area contributed by atoms with Gasteiger partial charge in [0.15, 0.2) is 0 Å². The largest absolute Gasteiger partial charge is 0.369 e. The third-order valence-corrected chi connectivity index (χ3v) is 5.38. The number of hydrogen-bond acceptors (Lipinski definition) is 4. The molecule has 0 saturated carbocycles. The van der Waals surface area contributed by atoms with Crippen molar-refractivity contribution in [2.24, 2.45) is 0 Å². The molecule has 1 aliphatic heterocycles. The average Bonchev–Trinajstić information content (AvgIpc) is 2.63. The number of benzene rings is 2. The van der Waals surface area contributed by atoms with E-state index in [1.165, 1.54) is 5.69 Å². The summed E-state index contributed by atoms with van der Waals surface area (Å²) in [5, 5.41) is 2.90. The van der Waals surface area contributed by atoms with Crippen molar-refractivity contribution in [3.05, 3.63) is 54.1 Å². The second-order valence-corrected chi connectivity index (χ2v) is 7.65. The van der Waals surface area contributed by atoms with Crippen LogP contribution in [0.1, 0.15) is 10.4 Å². The Morgan fingerprint density at radius 2 is 1.56 bits per heavy atom. The van der Waals surface area contributed by atoms with Crippen LogP contribution in [0.15, 0.2) is 53.4 Å². The monoisotopic (exact) mass is 357 g/mol. The maximum absolute atomic E-state index is 12.3. The minimum Gasteiger partial charge on any atom is -0.369 e. The Morgan fingerprint density at radius 1 is 0.960 bits per heavy atom. The normalized spacial score (nSPS) is 16.5. The molecule has 1 fully saturated rings. The van der Waals surface area contributed by atoms with Crippen LogP contribution in [0.5, 0.6) is 0 Å². The van der Waals surface area contributed by atoms with Crippen molar-refractivity contribution in [3.63, 3.8) is 0 Å². The summed E-state index contributed by atoms with van der Waals surface area (Å²) >= 11 is 0. The molecule has 132 valence electrons. The summed E-state index contributed by atoms with van der Waals surface area (Å²) in [7, 11) is 1.10. The molecule has 2 aromatic carbocycles. The highest BCUT2D eigenvalue weighted by atomic mass is 32.2. The van der Waals surface area contributed by atoms with Crippen molar-refractivity contribution in [2.45, 2.75) is 4.90 Å². The number of amides is 1. The molecule has 1 unspecified atom stereocenters. The van der Waals surface area contributed by atoms with Crippen LogP contribution >= 0.6 is 0 Å². The molecule has 0 radical (unpaired) electrons. The van der Waals surface area contributed by atoms with Gasteiger partial charge in [0.1, 0.15) is 0 Å². The van der Waals surface area contributed by atoms with E-state index in [2.05, 4.69) is 22.2 Å². The summed E-state index contributed by atoms with van der Waals surface area (Å²) in [6.07, 6.45) is 1.62. The first-order valence-electron chi connectivity index (χ1n) is 8.31. The molecular formula is C19H23N3O2S. The van der Waals surface area contributed by atoms with Gasteiger partial charge < -0.3 is 15.1 Å². The number of hydrogen-bond donors (Lipinski definition) is 1. The molecule has 1 heterocycles. The fraction of sp³-hybridized carbons (Fsp3) is 0.316. The summed E-state index contributed by atoms with van der Waals surface area (Å²) < 4.78 is 11.4. The van der Waals surface area contributed by atoms with E-state index in [1.807, 2.05) is 24.3 Å². The first kappa shape index (κ1) is 17.6. The molecule has 1 aliphatic rings. The number of likely N-dealkylation sites (N-methyl/N-ethyl adjacent to an activating group) is 1. The van der Waals surface area contributed by atoms with Crippen LogP contribution in [0.25, 0.3) is 0 Å². The average molecular weight is 357 g/mol. The number of piperazine rings is 1. The molecule has 0 aromatic heterocycles. The van der Waals surface area contributed by atoms with Gasteiger partial charge in [-0.2, -0.15) is 0 Å². The fourth-order valence-corrected chi connectivity index (χ4v) is 3.34. The van der Waals surface area contributed by atoms with Gasteiger partial charge in [0.2, 0.25) is 0 Å². The number of nitrogens with one attached hydrogen (secondary N) is 1. The molecule has 0 spiro atoms. The van der Waals surface area contributed by atoms with Crippen LogP contribution in [-0.2, 0) is 10.8 Å². The van der Waals surface area contributed by atoms with Crippen LogP contribution < -0.4 is 10.2 Å². The van der Waals surface area contributed by atoms with Crippen LogP contribution in [0.3, 0.4) is 0 Å². The quantitative estimate of drug-likeness (QED) is 0.913. The van der Waals surface area contributed by atoms with Crippen molar-refractivity contribution in [1.82, 2.24) is 4.90 Å². The highest BCUT2D eigenvalue weighted by Gasteiger charge is 2.14. The second-order valence-electron chi connectivity index (χ2n) is 6.27. The molecule has 1 atom stereocenters. The highest BCUT2D eigenvalue weighted by Crippen LogP contribution is 2.20. The van der Waals surface area contributed by atoms with Gasteiger partial charge in [0, 0.05) is 65.1 Å². The number of nitrogens with zero attached hydrogens (tertiary/aromatic N) is 2. The van der Waals surface area contributed by atoms with Crippen molar-refractivity contribution >= 4 is 28.1 Å². The van der Waals surface area contributed by atoms with Gasteiger partial charge in [0.05, 0.1) is 0 Å². The molecule has 0 bridgehead atoms. The predicted octanol–water partition coefficient (Wildman–Crippen LogP) is 2.43.